The van der Waals surface area contributed by atoms with Crippen molar-refractivity contribution < 1.29 is 8.42 Å². The number of sulfonamides is 1. The van der Waals surface area contributed by atoms with E-state index in [1.165, 1.54) is 0 Å². The Morgan fingerprint density at radius 2 is 2.11 bits per heavy atom. The molecular weight excluding hydrogens is 270 g/mol. The number of hydrogen-bond acceptors (Lipinski definition) is 5. The molecule has 0 amide bonds. The van der Waals surface area contributed by atoms with Gasteiger partial charge in [0, 0.05) is 11.8 Å². The molecule has 1 aliphatic rings. The number of rotatable bonds is 4. The second-order valence-electron chi connectivity index (χ2n) is 4.18. The SMILES string of the molecule is NNc1ccccc1S(=O)(=O)NC1CCCSC1. The predicted molar refractivity (Wildman–Crippen MR) is 74.9 cm³/mol. The molecule has 7 heteroatoms. The summed E-state index contributed by atoms with van der Waals surface area (Å²) < 4.78 is 27.3. The third-order valence-corrected chi connectivity index (χ3v) is 5.61. The number of thioether (sulfide) groups is 1. The van der Waals surface area contributed by atoms with Crippen molar-refractivity contribution in [1.29, 1.82) is 0 Å². The van der Waals surface area contributed by atoms with Crippen LogP contribution >= 0.6 is 11.8 Å². The standard InChI is InChI=1S/C11H17N3O2S2/c12-13-10-5-1-2-6-11(10)18(15,16)14-9-4-3-7-17-8-9/h1-2,5-6,9,13-14H,3-4,7-8,12H2. The molecule has 1 fully saturated rings. The molecular formula is C11H17N3O2S2. The van der Waals surface area contributed by atoms with Crippen molar-refractivity contribution in [3.63, 3.8) is 0 Å². The van der Waals surface area contributed by atoms with E-state index in [4.69, 9.17) is 5.84 Å². The summed E-state index contributed by atoms with van der Waals surface area (Å²) in [6.07, 6.45) is 1.94. The molecule has 100 valence electrons. The Morgan fingerprint density at radius 3 is 2.78 bits per heavy atom. The van der Waals surface area contributed by atoms with Crippen LogP contribution in [-0.2, 0) is 10.0 Å². The zero-order valence-electron chi connectivity index (χ0n) is 9.93. The molecule has 0 aliphatic carbocycles. The summed E-state index contributed by atoms with van der Waals surface area (Å²) in [5.41, 5.74) is 2.83. The van der Waals surface area contributed by atoms with Crippen LogP contribution in [0.1, 0.15) is 12.8 Å². The number of nitrogen functional groups attached to an aromatic ring is 1. The van der Waals surface area contributed by atoms with E-state index >= 15 is 0 Å². The summed E-state index contributed by atoms with van der Waals surface area (Å²) in [4.78, 5) is 0.197. The Balaban J connectivity index is 2.19. The molecule has 5 nitrogen and oxygen atoms in total. The lowest BCUT2D eigenvalue weighted by Gasteiger charge is -2.22. The number of para-hydroxylation sites is 1. The topological polar surface area (TPSA) is 84.2 Å². The summed E-state index contributed by atoms with van der Waals surface area (Å²) in [7, 11) is -3.51. The number of benzene rings is 1. The first-order valence-electron chi connectivity index (χ1n) is 5.79. The maximum Gasteiger partial charge on any atom is 0.242 e. The Labute approximate surface area is 112 Å². The third kappa shape index (κ3) is 3.17. The smallest absolute Gasteiger partial charge is 0.242 e. The van der Waals surface area contributed by atoms with E-state index in [9.17, 15) is 8.42 Å². The second-order valence-corrected chi connectivity index (χ2v) is 7.01. The molecule has 1 unspecified atom stereocenters. The van der Waals surface area contributed by atoms with Crippen LogP contribution in [0.2, 0.25) is 0 Å². The molecule has 0 saturated carbocycles. The fraction of sp³-hybridized carbons (Fsp3) is 0.455. The van der Waals surface area contributed by atoms with Gasteiger partial charge in [-0.1, -0.05) is 12.1 Å². The van der Waals surface area contributed by atoms with Gasteiger partial charge in [-0.3, -0.25) is 5.84 Å². The van der Waals surface area contributed by atoms with Crippen molar-refractivity contribution >= 4 is 27.5 Å². The second kappa shape index (κ2) is 5.92. The van der Waals surface area contributed by atoms with Crippen molar-refractivity contribution in [2.75, 3.05) is 16.9 Å². The Hall–Kier alpha value is -0.760. The monoisotopic (exact) mass is 287 g/mol. The number of anilines is 1. The lowest BCUT2D eigenvalue weighted by molar-refractivity contribution is 0.543. The summed E-state index contributed by atoms with van der Waals surface area (Å²) in [6.45, 7) is 0. The van der Waals surface area contributed by atoms with Crippen LogP contribution in [0.5, 0.6) is 0 Å². The van der Waals surface area contributed by atoms with Gasteiger partial charge in [-0.15, -0.1) is 0 Å². The van der Waals surface area contributed by atoms with Crippen LogP contribution in [0.3, 0.4) is 0 Å². The summed E-state index contributed by atoms with van der Waals surface area (Å²) in [5, 5.41) is 0. The Morgan fingerprint density at radius 1 is 1.33 bits per heavy atom. The Bertz CT molecular complexity index is 499. The molecule has 1 aliphatic heterocycles. The lowest BCUT2D eigenvalue weighted by Crippen LogP contribution is -2.38. The maximum absolute atomic E-state index is 12.3. The van der Waals surface area contributed by atoms with E-state index in [0.29, 0.717) is 5.69 Å². The van der Waals surface area contributed by atoms with E-state index in [-0.39, 0.29) is 10.9 Å². The van der Waals surface area contributed by atoms with Crippen molar-refractivity contribution in [2.24, 2.45) is 5.84 Å². The van der Waals surface area contributed by atoms with Gasteiger partial charge in [0.15, 0.2) is 0 Å². The average Bonchev–Trinajstić information content (AvgIpc) is 2.39. The van der Waals surface area contributed by atoms with Gasteiger partial charge in [0.25, 0.3) is 0 Å². The Kier molecular flexibility index (Phi) is 4.50. The highest BCUT2D eigenvalue weighted by atomic mass is 32.2. The molecule has 4 N–H and O–H groups in total. The normalized spacial score (nSPS) is 20.6. The van der Waals surface area contributed by atoms with Gasteiger partial charge in [0.05, 0.1) is 5.69 Å². The van der Waals surface area contributed by atoms with Crippen LogP contribution < -0.4 is 16.0 Å². The van der Waals surface area contributed by atoms with Crippen LogP contribution in [-0.4, -0.2) is 26.0 Å². The maximum atomic E-state index is 12.3. The summed E-state index contributed by atoms with van der Waals surface area (Å²) >= 11 is 1.78. The van der Waals surface area contributed by atoms with Gasteiger partial charge in [0.1, 0.15) is 4.90 Å². The van der Waals surface area contributed by atoms with Gasteiger partial charge in [0.2, 0.25) is 10.0 Å². The zero-order chi connectivity index (χ0) is 13.0. The highest BCUT2D eigenvalue weighted by Crippen LogP contribution is 2.22. The van der Waals surface area contributed by atoms with E-state index in [2.05, 4.69) is 10.1 Å². The molecule has 0 radical (unpaired) electrons. The van der Waals surface area contributed by atoms with E-state index in [1.54, 1.807) is 36.0 Å². The molecule has 0 bridgehead atoms. The summed E-state index contributed by atoms with van der Waals surface area (Å²) in [5.74, 6) is 7.28. The molecule has 0 spiro atoms. The number of hydrogen-bond donors (Lipinski definition) is 3. The fourth-order valence-corrected chi connectivity index (χ4v) is 4.56. The molecule has 18 heavy (non-hydrogen) atoms. The van der Waals surface area contributed by atoms with Crippen LogP contribution in [0.25, 0.3) is 0 Å². The molecule has 1 saturated heterocycles. The highest BCUT2D eigenvalue weighted by molar-refractivity contribution is 7.99. The minimum Gasteiger partial charge on any atom is -0.323 e. The van der Waals surface area contributed by atoms with Crippen LogP contribution in [0.15, 0.2) is 29.2 Å². The zero-order valence-corrected chi connectivity index (χ0v) is 11.6. The fourth-order valence-electron chi connectivity index (χ4n) is 1.94. The summed E-state index contributed by atoms with van der Waals surface area (Å²) in [6, 6.07) is 6.63. The van der Waals surface area contributed by atoms with Crippen LogP contribution in [0, 0.1) is 0 Å². The predicted octanol–water partition coefficient (Wildman–Crippen LogP) is 1.15. The first-order chi connectivity index (χ1) is 8.63. The molecule has 1 aromatic rings. The van der Waals surface area contributed by atoms with Crippen molar-refractivity contribution in [3.05, 3.63) is 24.3 Å². The molecule has 1 atom stereocenters. The van der Waals surface area contributed by atoms with Crippen molar-refractivity contribution in [3.8, 4) is 0 Å². The van der Waals surface area contributed by atoms with E-state index in [1.807, 2.05) is 0 Å². The van der Waals surface area contributed by atoms with Gasteiger partial charge >= 0.3 is 0 Å². The minimum absolute atomic E-state index is 0.0135. The van der Waals surface area contributed by atoms with Crippen molar-refractivity contribution in [2.45, 2.75) is 23.8 Å². The highest BCUT2D eigenvalue weighted by Gasteiger charge is 2.23. The minimum atomic E-state index is -3.51. The number of nitrogens with two attached hydrogens (primary N) is 1. The molecule has 1 aromatic carbocycles. The van der Waals surface area contributed by atoms with Gasteiger partial charge in [-0.2, -0.15) is 11.8 Å². The third-order valence-electron chi connectivity index (χ3n) is 2.81. The molecule has 0 aromatic heterocycles. The van der Waals surface area contributed by atoms with Gasteiger partial charge in [-0.25, -0.2) is 13.1 Å². The van der Waals surface area contributed by atoms with Crippen LogP contribution in [0.4, 0.5) is 5.69 Å². The number of nitrogens with one attached hydrogen (secondary N) is 2. The molecule has 1 heterocycles. The average molecular weight is 287 g/mol. The number of hydrazine groups is 1. The van der Waals surface area contributed by atoms with Gasteiger partial charge in [-0.05, 0) is 30.7 Å². The molecule has 2 rings (SSSR count). The van der Waals surface area contributed by atoms with E-state index < -0.39 is 10.0 Å². The van der Waals surface area contributed by atoms with Crippen molar-refractivity contribution in [1.82, 2.24) is 4.72 Å². The van der Waals surface area contributed by atoms with Gasteiger partial charge < -0.3 is 5.43 Å². The quantitative estimate of drug-likeness (QED) is 0.571. The largest absolute Gasteiger partial charge is 0.323 e. The first kappa shape index (κ1) is 13.7. The first-order valence-corrected chi connectivity index (χ1v) is 8.43. The van der Waals surface area contributed by atoms with E-state index in [0.717, 1.165) is 24.3 Å². The lowest BCUT2D eigenvalue weighted by atomic mass is 10.2.